The SMILES string of the molecule is CC(O)(CNC1CC1)c1cccc2ccsc12. The average Bonchev–Trinajstić information content (AvgIpc) is 3.02. The van der Waals surface area contributed by atoms with E-state index in [0.29, 0.717) is 12.6 Å². The molecule has 0 aliphatic heterocycles. The zero-order valence-electron chi connectivity index (χ0n) is 9.94. The van der Waals surface area contributed by atoms with Crippen molar-refractivity contribution in [3.05, 3.63) is 35.2 Å². The Morgan fingerprint density at radius 1 is 1.41 bits per heavy atom. The smallest absolute Gasteiger partial charge is 0.101 e. The van der Waals surface area contributed by atoms with Gasteiger partial charge in [-0.05, 0) is 36.6 Å². The van der Waals surface area contributed by atoms with Crippen molar-refractivity contribution in [1.82, 2.24) is 5.32 Å². The summed E-state index contributed by atoms with van der Waals surface area (Å²) >= 11 is 1.70. The van der Waals surface area contributed by atoms with Crippen LogP contribution in [-0.4, -0.2) is 17.7 Å². The molecule has 1 aromatic heterocycles. The summed E-state index contributed by atoms with van der Waals surface area (Å²) in [5.41, 5.74) is 0.255. The molecular formula is C14H17NOS. The van der Waals surface area contributed by atoms with Crippen LogP contribution in [0.25, 0.3) is 10.1 Å². The lowest BCUT2D eigenvalue weighted by Crippen LogP contribution is -2.36. The Kier molecular flexibility index (Phi) is 2.69. The van der Waals surface area contributed by atoms with Crippen molar-refractivity contribution in [3.63, 3.8) is 0 Å². The molecule has 1 aliphatic carbocycles. The summed E-state index contributed by atoms with van der Waals surface area (Å²) in [7, 11) is 0. The van der Waals surface area contributed by atoms with Crippen LogP contribution in [0.4, 0.5) is 0 Å². The molecule has 3 heteroatoms. The zero-order chi connectivity index (χ0) is 11.9. The van der Waals surface area contributed by atoms with E-state index in [0.717, 1.165) is 5.56 Å². The molecule has 1 fully saturated rings. The van der Waals surface area contributed by atoms with Gasteiger partial charge in [-0.1, -0.05) is 18.2 Å². The third-order valence-electron chi connectivity index (χ3n) is 3.37. The maximum absolute atomic E-state index is 10.6. The summed E-state index contributed by atoms with van der Waals surface area (Å²) in [5.74, 6) is 0. The molecule has 0 bridgehead atoms. The lowest BCUT2D eigenvalue weighted by atomic mass is 9.95. The Balaban J connectivity index is 1.91. The minimum Gasteiger partial charge on any atom is -0.384 e. The number of aliphatic hydroxyl groups is 1. The molecule has 0 saturated heterocycles. The van der Waals surface area contributed by atoms with E-state index in [1.165, 1.54) is 22.9 Å². The van der Waals surface area contributed by atoms with E-state index in [9.17, 15) is 5.11 Å². The molecule has 1 heterocycles. The minimum absolute atomic E-state index is 0.629. The second-order valence-electron chi connectivity index (χ2n) is 5.07. The van der Waals surface area contributed by atoms with Crippen LogP contribution in [0.15, 0.2) is 29.6 Å². The van der Waals surface area contributed by atoms with E-state index in [4.69, 9.17) is 0 Å². The van der Waals surface area contributed by atoms with Gasteiger partial charge in [-0.3, -0.25) is 0 Å². The molecule has 0 radical (unpaired) electrons. The van der Waals surface area contributed by atoms with Crippen LogP contribution in [0.2, 0.25) is 0 Å². The van der Waals surface area contributed by atoms with Gasteiger partial charge >= 0.3 is 0 Å². The summed E-state index contributed by atoms with van der Waals surface area (Å²) in [5, 5.41) is 17.3. The third-order valence-corrected chi connectivity index (χ3v) is 4.34. The molecule has 1 atom stereocenters. The van der Waals surface area contributed by atoms with Gasteiger partial charge in [0.1, 0.15) is 5.60 Å². The highest BCUT2D eigenvalue weighted by Crippen LogP contribution is 2.32. The Morgan fingerprint density at radius 3 is 3.00 bits per heavy atom. The second-order valence-corrected chi connectivity index (χ2v) is 5.99. The van der Waals surface area contributed by atoms with Crippen molar-refractivity contribution < 1.29 is 5.11 Å². The van der Waals surface area contributed by atoms with Gasteiger partial charge in [0.25, 0.3) is 0 Å². The first-order chi connectivity index (χ1) is 8.17. The first-order valence-corrected chi connectivity index (χ1v) is 6.97. The van der Waals surface area contributed by atoms with Crippen molar-refractivity contribution in [2.24, 2.45) is 0 Å². The van der Waals surface area contributed by atoms with Crippen LogP contribution in [0.3, 0.4) is 0 Å². The molecule has 2 aromatic rings. The average molecular weight is 247 g/mol. The van der Waals surface area contributed by atoms with Crippen molar-refractivity contribution in [3.8, 4) is 0 Å². The summed E-state index contributed by atoms with van der Waals surface area (Å²) < 4.78 is 1.20. The largest absolute Gasteiger partial charge is 0.384 e. The van der Waals surface area contributed by atoms with Crippen LogP contribution < -0.4 is 5.32 Å². The maximum atomic E-state index is 10.6. The number of nitrogens with one attached hydrogen (secondary N) is 1. The first kappa shape index (κ1) is 11.2. The molecule has 1 unspecified atom stereocenters. The molecule has 1 saturated carbocycles. The number of hydrogen-bond acceptors (Lipinski definition) is 3. The number of thiophene rings is 1. The number of benzene rings is 1. The monoisotopic (exact) mass is 247 g/mol. The van der Waals surface area contributed by atoms with E-state index >= 15 is 0 Å². The fraction of sp³-hybridized carbons (Fsp3) is 0.429. The number of rotatable bonds is 4. The van der Waals surface area contributed by atoms with Gasteiger partial charge in [0.05, 0.1) is 0 Å². The Morgan fingerprint density at radius 2 is 2.24 bits per heavy atom. The van der Waals surface area contributed by atoms with Gasteiger partial charge in [0.15, 0.2) is 0 Å². The quantitative estimate of drug-likeness (QED) is 0.870. The van der Waals surface area contributed by atoms with Crippen LogP contribution >= 0.6 is 11.3 Å². The van der Waals surface area contributed by atoms with E-state index in [2.05, 4.69) is 22.8 Å². The van der Waals surface area contributed by atoms with Gasteiger partial charge < -0.3 is 10.4 Å². The zero-order valence-corrected chi connectivity index (χ0v) is 10.8. The third kappa shape index (κ3) is 2.23. The topological polar surface area (TPSA) is 32.3 Å². The first-order valence-electron chi connectivity index (χ1n) is 6.09. The minimum atomic E-state index is -0.785. The summed E-state index contributed by atoms with van der Waals surface area (Å²) in [4.78, 5) is 0. The predicted molar refractivity (Wildman–Crippen MR) is 72.4 cm³/mol. The lowest BCUT2D eigenvalue weighted by Gasteiger charge is -2.25. The van der Waals surface area contributed by atoms with E-state index < -0.39 is 5.60 Å². The summed E-state index contributed by atoms with van der Waals surface area (Å²) in [6.45, 7) is 2.53. The molecule has 17 heavy (non-hydrogen) atoms. The van der Waals surface area contributed by atoms with Crippen LogP contribution in [-0.2, 0) is 5.60 Å². The highest BCUT2D eigenvalue weighted by atomic mass is 32.1. The van der Waals surface area contributed by atoms with Gasteiger partial charge in [0.2, 0.25) is 0 Å². The Labute approximate surface area is 105 Å². The standard InChI is InChI=1S/C14H17NOS/c1-14(16,9-15-11-5-6-11)12-4-2-3-10-7-8-17-13(10)12/h2-4,7-8,11,15-16H,5-6,9H2,1H3. The molecule has 0 amide bonds. The lowest BCUT2D eigenvalue weighted by molar-refractivity contribution is 0.0583. The maximum Gasteiger partial charge on any atom is 0.101 e. The van der Waals surface area contributed by atoms with E-state index in [1.807, 2.05) is 19.1 Å². The summed E-state index contributed by atoms with van der Waals surface area (Å²) in [6.07, 6.45) is 2.50. The van der Waals surface area contributed by atoms with Crippen molar-refractivity contribution in [2.75, 3.05) is 6.54 Å². The Hall–Kier alpha value is -0.900. The van der Waals surface area contributed by atoms with E-state index in [-0.39, 0.29) is 0 Å². The number of hydrogen-bond donors (Lipinski definition) is 2. The van der Waals surface area contributed by atoms with Gasteiger partial charge in [-0.15, -0.1) is 11.3 Å². The molecule has 0 spiro atoms. The highest BCUT2D eigenvalue weighted by molar-refractivity contribution is 7.17. The summed E-state index contributed by atoms with van der Waals surface area (Å²) in [6, 6.07) is 8.89. The fourth-order valence-electron chi connectivity index (χ4n) is 2.14. The predicted octanol–water partition coefficient (Wildman–Crippen LogP) is 2.86. The van der Waals surface area contributed by atoms with E-state index in [1.54, 1.807) is 11.3 Å². The van der Waals surface area contributed by atoms with Gasteiger partial charge in [-0.25, -0.2) is 0 Å². The molecule has 90 valence electrons. The van der Waals surface area contributed by atoms with Crippen LogP contribution in [0.5, 0.6) is 0 Å². The molecule has 3 rings (SSSR count). The fourth-order valence-corrected chi connectivity index (χ4v) is 3.18. The second kappa shape index (κ2) is 4.09. The van der Waals surface area contributed by atoms with Crippen LogP contribution in [0.1, 0.15) is 25.3 Å². The normalized spacial score (nSPS) is 19.4. The molecule has 1 aliphatic rings. The van der Waals surface area contributed by atoms with Crippen molar-refractivity contribution in [2.45, 2.75) is 31.4 Å². The number of fused-ring (bicyclic) bond motifs is 1. The molecule has 1 aromatic carbocycles. The van der Waals surface area contributed by atoms with Gasteiger partial charge in [0, 0.05) is 22.8 Å². The molecule has 2 nitrogen and oxygen atoms in total. The van der Waals surface area contributed by atoms with Crippen molar-refractivity contribution >= 4 is 21.4 Å². The Bertz CT molecular complexity index is 528. The highest BCUT2D eigenvalue weighted by Gasteiger charge is 2.29. The van der Waals surface area contributed by atoms with Gasteiger partial charge in [-0.2, -0.15) is 0 Å². The van der Waals surface area contributed by atoms with Crippen LogP contribution in [0, 0.1) is 0 Å². The molecular weight excluding hydrogens is 230 g/mol. The van der Waals surface area contributed by atoms with Crippen molar-refractivity contribution in [1.29, 1.82) is 0 Å². The molecule has 2 N–H and O–H groups in total.